The number of carbonyl (C=O) groups is 4. The van der Waals surface area contributed by atoms with Crippen molar-refractivity contribution in [3.8, 4) is 0 Å². The summed E-state index contributed by atoms with van der Waals surface area (Å²) in [5, 5.41) is 10.6. The number of carbonyl (C=O) groups excluding carboxylic acids is 4. The fraction of sp³-hybridized carbons (Fsp3) is 0.632. The van der Waals surface area contributed by atoms with Gasteiger partial charge in [-0.15, -0.1) is 0 Å². The number of unbranched alkanes of at least 4 members (excludes halogenated alkanes) is 20. The molecule has 0 spiro atoms. The Morgan fingerprint density at radius 2 is 0.519 bits per heavy atom. The van der Waals surface area contributed by atoms with Gasteiger partial charge < -0.3 is 33.8 Å². The van der Waals surface area contributed by atoms with E-state index in [4.69, 9.17) is 37.0 Å². The molecule has 0 amide bonds. The minimum atomic E-state index is -5.01. The Labute approximate surface area is 642 Å². The van der Waals surface area contributed by atoms with Crippen molar-refractivity contribution >= 4 is 39.5 Å². The molecule has 0 saturated heterocycles. The highest BCUT2D eigenvalue weighted by Crippen LogP contribution is 2.45. The van der Waals surface area contributed by atoms with Crippen molar-refractivity contribution in [1.29, 1.82) is 0 Å². The number of aliphatic hydroxyl groups excluding tert-OH is 1. The second-order valence-corrected chi connectivity index (χ2v) is 29.1. The van der Waals surface area contributed by atoms with Gasteiger partial charge in [-0.3, -0.25) is 37.3 Å². The van der Waals surface area contributed by atoms with Crippen LogP contribution in [0.25, 0.3) is 0 Å². The van der Waals surface area contributed by atoms with Gasteiger partial charge in [0, 0.05) is 25.7 Å². The fourth-order valence-corrected chi connectivity index (χ4v) is 11.6. The fourth-order valence-electron chi connectivity index (χ4n) is 10.1. The first kappa shape index (κ1) is 100. The van der Waals surface area contributed by atoms with Crippen LogP contribution in [-0.4, -0.2) is 96.7 Å². The summed E-state index contributed by atoms with van der Waals surface area (Å²) in [6.45, 7) is 4.43. The van der Waals surface area contributed by atoms with Crippen molar-refractivity contribution in [3.05, 3.63) is 170 Å². The number of esters is 4. The molecule has 3 N–H and O–H groups in total. The van der Waals surface area contributed by atoms with E-state index >= 15 is 0 Å². The Kier molecular flexibility index (Phi) is 73.5. The van der Waals surface area contributed by atoms with Crippen LogP contribution in [-0.2, 0) is 65.4 Å². The molecule has 19 heteroatoms. The minimum Gasteiger partial charge on any atom is -0.462 e. The van der Waals surface area contributed by atoms with Gasteiger partial charge in [0.2, 0.25) is 0 Å². The standard InChI is InChI=1S/C87H142O17P2/c1-5-9-13-17-21-25-29-33-37-39-40-42-46-48-52-56-60-64-68-72-85(90)98-78-83(104-87(92)74-70-66-62-58-54-50-44-36-32-28-24-20-16-12-8-4)80-102-106(95,96)100-76-81(88)75-99-105(93,94)101-79-82(103-86(91)73-69-65-61-57-53-49-43-35-31-27-23-19-15-11-7-3)77-97-84(89)71-67-63-59-55-51-47-45-41-38-34-30-26-22-18-14-10-6-2/h9-10,13-14,21-22,24-26,28,33-38,40,42-45,47-48,52,55,59-60,64,81-83,88H,5-8,11-12,15-20,23,27,29-32,39,41,46,49-51,53-54,56-58,61-63,65-80H2,1-4H3,(H,93,94)(H,95,96)/b13-9-,14-10-,25-21-,26-22-,28-24-,37-33-,38-34-,42-40-,43-35-,44-36-,47-45-,52-48-,59-55-,64-60-. The number of aliphatic hydroxyl groups is 1. The zero-order valence-electron chi connectivity index (χ0n) is 65.8. The molecule has 17 nitrogen and oxygen atoms in total. The topological polar surface area (TPSA) is 237 Å². The maximum Gasteiger partial charge on any atom is 0.472 e. The summed E-state index contributed by atoms with van der Waals surface area (Å²) in [7, 11) is -10.0. The van der Waals surface area contributed by atoms with Gasteiger partial charge in [-0.05, 0) is 161 Å². The van der Waals surface area contributed by atoms with Crippen LogP contribution in [0.1, 0.15) is 297 Å². The number of hydrogen-bond acceptors (Lipinski definition) is 15. The van der Waals surface area contributed by atoms with E-state index in [9.17, 15) is 43.2 Å². The van der Waals surface area contributed by atoms with Gasteiger partial charge in [0.05, 0.1) is 26.4 Å². The molecule has 5 unspecified atom stereocenters. The van der Waals surface area contributed by atoms with Crippen molar-refractivity contribution in [2.24, 2.45) is 0 Å². The van der Waals surface area contributed by atoms with Gasteiger partial charge in [-0.2, -0.15) is 0 Å². The van der Waals surface area contributed by atoms with Crippen LogP contribution in [0, 0.1) is 0 Å². The Morgan fingerprint density at radius 3 is 0.868 bits per heavy atom. The Bertz CT molecular complexity index is 2680. The van der Waals surface area contributed by atoms with Gasteiger partial charge in [-0.25, -0.2) is 9.13 Å². The third-order valence-electron chi connectivity index (χ3n) is 16.2. The summed E-state index contributed by atoms with van der Waals surface area (Å²) in [4.78, 5) is 73.0. The summed E-state index contributed by atoms with van der Waals surface area (Å²) < 4.78 is 68.5. The summed E-state index contributed by atoms with van der Waals surface area (Å²) in [6.07, 6.45) is 92.1. The Balaban J connectivity index is 5.51. The molecule has 106 heavy (non-hydrogen) atoms. The predicted molar refractivity (Wildman–Crippen MR) is 436 cm³/mol. The molecule has 0 heterocycles. The Morgan fingerprint density at radius 1 is 0.274 bits per heavy atom. The number of phosphoric ester groups is 2. The van der Waals surface area contributed by atoms with E-state index in [1.165, 1.54) is 57.8 Å². The highest BCUT2D eigenvalue weighted by molar-refractivity contribution is 7.47. The molecule has 0 bridgehead atoms. The monoisotopic (exact) mass is 1520 g/mol. The van der Waals surface area contributed by atoms with Crippen molar-refractivity contribution < 1.29 is 80.2 Å². The highest BCUT2D eigenvalue weighted by atomic mass is 31.2. The molecule has 0 radical (unpaired) electrons. The zero-order chi connectivity index (χ0) is 77.4. The van der Waals surface area contributed by atoms with E-state index in [1.807, 2.05) is 30.4 Å². The summed E-state index contributed by atoms with van der Waals surface area (Å²) >= 11 is 0. The SMILES string of the molecule is CC/C=C\C/C=C\C/C=C\C/C=C\C/C=C\C/C=C\CCC(=O)OCC(COP(=O)(O)OCC(O)COP(=O)(O)OCC(COC(=O)CCC/C=C\C/C=C\C/C=C\C/C=C\C/C=C\CC)OC(=O)CCCCCCC/C=C\CCCCCCCC)OC(=O)CCCCCCC/C=C\C/C=C\CCCCC. The van der Waals surface area contributed by atoms with Crippen molar-refractivity contribution in [2.45, 2.75) is 316 Å². The van der Waals surface area contributed by atoms with Gasteiger partial charge in [0.15, 0.2) is 12.2 Å². The maximum absolute atomic E-state index is 13.1. The van der Waals surface area contributed by atoms with Crippen LogP contribution in [0.4, 0.5) is 0 Å². The smallest absolute Gasteiger partial charge is 0.462 e. The van der Waals surface area contributed by atoms with Gasteiger partial charge in [0.1, 0.15) is 19.3 Å². The highest BCUT2D eigenvalue weighted by Gasteiger charge is 2.30. The summed E-state index contributed by atoms with van der Waals surface area (Å²) in [6, 6.07) is 0. The van der Waals surface area contributed by atoms with Gasteiger partial charge >= 0.3 is 39.5 Å². The molecule has 0 aliphatic heterocycles. The normalized spacial score (nSPS) is 14.7. The number of ether oxygens (including phenoxy) is 4. The van der Waals surface area contributed by atoms with Crippen LogP contribution >= 0.6 is 15.6 Å². The van der Waals surface area contributed by atoms with Crippen molar-refractivity contribution in [1.82, 2.24) is 0 Å². The van der Waals surface area contributed by atoms with Crippen LogP contribution in [0.2, 0.25) is 0 Å². The first-order valence-electron chi connectivity index (χ1n) is 40.4. The molecule has 0 rings (SSSR count). The van der Waals surface area contributed by atoms with Crippen molar-refractivity contribution in [3.63, 3.8) is 0 Å². The molecular formula is C87H142O17P2. The Hall–Kier alpha value is -5.58. The average Bonchev–Trinajstić information content (AvgIpc) is 0.909. The van der Waals surface area contributed by atoms with Gasteiger partial charge in [-0.1, -0.05) is 281 Å². The van der Waals surface area contributed by atoms with E-state index < -0.39 is 97.5 Å². The molecule has 0 aliphatic carbocycles. The zero-order valence-corrected chi connectivity index (χ0v) is 67.6. The lowest BCUT2D eigenvalue weighted by atomic mass is 10.1. The van der Waals surface area contributed by atoms with E-state index in [-0.39, 0.29) is 25.7 Å². The van der Waals surface area contributed by atoms with E-state index in [0.29, 0.717) is 38.5 Å². The molecule has 0 aromatic carbocycles. The number of allylic oxidation sites excluding steroid dienone is 28. The lowest BCUT2D eigenvalue weighted by Crippen LogP contribution is -2.30. The molecule has 5 atom stereocenters. The first-order valence-corrected chi connectivity index (χ1v) is 43.4. The molecule has 0 aromatic rings. The van der Waals surface area contributed by atoms with Crippen molar-refractivity contribution in [2.75, 3.05) is 39.6 Å². The largest absolute Gasteiger partial charge is 0.472 e. The molecular weight excluding hydrogens is 1380 g/mol. The summed E-state index contributed by atoms with van der Waals surface area (Å²) in [5.41, 5.74) is 0. The number of hydrogen-bond donors (Lipinski definition) is 3. The lowest BCUT2D eigenvalue weighted by molar-refractivity contribution is -0.161. The minimum absolute atomic E-state index is 0.0265. The maximum atomic E-state index is 13.1. The first-order chi connectivity index (χ1) is 51.7. The number of phosphoric acid groups is 2. The van der Waals surface area contributed by atoms with Crippen LogP contribution in [0.15, 0.2) is 170 Å². The van der Waals surface area contributed by atoms with E-state index in [1.54, 1.807) is 0 Å². The quantitative estimate of drug-likeness (QED) is 0.0169. The van der Waals surface area contributed by atoms with Crippen LogP contribution in [0.3, 0.4) is 0 Å². The molecule has 0 fully saturated rings. The molecule has 0 aliphatic rings. The molecule has 0 saturated carbocycles. The predicted octanol–water partition coefficient (Wildman–Crippen LogP) is 23.8. The second-order valence-electron chi connectivity index (χ2n) is 26.2. The third-order valence-corrected chi connectivity index (χ3v) is 18.1. The van der Waals surface area contributed by atoms with E-state index in [0.717, 1.165) is 148 Å². The molecule has 602 valence electrons. The van der Waals surface area contributed by atoms with Crippen LogP contribution in [0.5, 0.6) is 0 Å². The lowest BCUT2D eigenvalue weighted by Gasteiger charge is -2.21. The summed E-state index contributed by atoms with van der Waals surface area (Å²) in [5.74, 6) is -2.38. The second kappa shape index (κ2) is 77.6. The third kappa shape index (κ3) is 76.6. The average molecular weight is 1520 g/mol. The number of rotatable bonds is 74. The molecule has 0 aromatic heterocycles. The van der Waals surface area contributed by atoms with Gasteiger partial charge in [0.25, 0.3) is 0 Å². The van der Waals surface area contributed by atoms with Crippen LogP contribution < -0.4 is 0 Å². The van der Waals surface area contributed by atoms with E-state index in [2.05, 4.69) is 167 Å².